The molecule has 0 amide bonds. The van der Waals surface area contributed by atoms with Crippen molar-refractivity contribution in [2.45, 2.75) is 27.7 Å². The molecule has 0 spiro atoms. The molecule has 0 aliphatic carbocycles. The van der Waals surface area contributed by atoms with Crippen molar-refractivity contribution in [2.75, 3.05) is 9.80 Å². The minimum atomic E-state index is 1.16. The van der Waals surface area contributed by atoms with Crippen LogP contribution in [0, 0.1) is 27.7 Å². The Morgan fingerprint density at radius 3 is 1.05 bits per heavy atom. The number of aryl methyl sites for hydroxylation is 4. The van der Waals surface area contributed by atoms with E-state index in [4.69, 9.17) is 0 Å². The zero-order valence-corrected chi connectivity index (χ0v) is 37.7. The number of hydrogen-bond donors (Lipinski definition) is 0. The molecule has 0 bridgehead atoms. The summed E-state index contributed by atoms with van der Waals surface area (Å²) in [4.78, 5) is 5.10. The van der Waals surface area contributed by atoms with Gasteiger partial charge in [-0.15, -0.1) is 0 Å². The fourth-order valence-corrected chi connectivity index (χ4v) is 10.5. The Kier molecular flexibility index (Phi) is 9.43. The highest BCUT2D eigenvalue weighted by Gasteiger charge is 2.26. The third-order valence-corrected chi connectivity index (χ3v) is 13.9. The van der Waals surface area contributed by atoms with Crippen LogP contribution in [-0.2, 0) is 0 Å². The minimum Gasteiger partial charge on any atom is -0.309 e. The van der Waals surface area contributed by atoms with Gasteiger partial charge in [0.2, 0.25) is 0 Å². The van der Waals surface area contributed by atoms with Crippen LogP contribution in [0.4, 0.5) is 34.1 Å². The second-order valence-electron chi connectivity index (χ2n) is 17.9. The van der Waals surface area contributed by atoms with Crippen molar-refractivity contribution in [1.82, 2.24) is 0 Å². The van der Waals surface area contributed by atoms with E-state index in [1.807, 2.05) is 0 Å². The molecule has 12 rings (SSSR count). The van der Waals surface area contributed by atoms with E-state index in [1.54, 1.807) is 0 Å². The number of hydrogen-bond acceptors (Lipinski definition) is 2. The molecule has 314 valence electrons. The topological polar surface area (TPSA) is 6.48 Å². The number of anilines is 6. The zero-order valence-electron chi connectivity index (χ0n) is 37.7. The van der Waals surface area contributed by atoms with Gasteiger partial charge in [-0.3, -0.25) is 0 Å². The molecule has 0 radical (unpaired) electrons. The maximum Gasteiger partial charge on any atom is 0.0569 e. The molecule has 66 heavy (non-hydrogen) atoms. The number of rotatable bonds is 8. The smallest absolute Gasteiger partial charge is 0.0569 e. The van der Waals surface area contributed by atoms with Gasteiger partial charge in [0.05, 0.1) is 22.7 Å². The van der Waals surface area contributed by atoms with Crippen molar-refractivity contribution in [2.24, 2.45) is 0 Å². The first-order valence-corrected chi connectivity index (χ1v) is 23.0. The Morgan fingerprint density at radius 1 is 0.242 bits per heavy atom. The number of benzene rings is 12. The van der Waals surface area contributed by atoms with Gasteiger partial charge in [0.1, 0.15) is 0 Å². The van der Waals surface area contributed by atoms with Crippen LogP contribution in [0.1, 0.15) is 22.3 Å². The molecule has 0 unspecified atom stereocenters. The molecule has 0 aliphatic rings. The SMILES string of the molecule is Cc1ccc(-c2ccccc2)cc1N(c1c(C)ccc2ccccc12)c1ccc2ccc3c(N(c4cc(-c5ccccc5)ccc4C)c4c(C)ccc5ccccc45)ccc4ccc1c2c43. The molecular formula is C64H48N2. The Balaban J connectivity index is 1.16. The lowest BCUT2D eigenvalue weighted by atomic mass is 9.90. The van der Waals surface area contributed by atoms with Crippen LogP contribution in [0.15, 0.2) is 218 Å². The Morgan fingerprint density at radius 2 is 0.606 bits per heavy atom. The highest BCUT2D eigenvalue weighted by atomic mass is 15.2. The molecule has 0 heterocycles. The highest BCUT2D eigenvalue weighted by molar-refractivity contribution is 6.28. The first-order chi connectivity index (χ1) is 32.4. The first kappa shape index (κ1) is 39.4. The highest BCUT2D eigenvalue weighted by Crippen LogP contribution is 2.51. The summed E-state index contributed by atoms with van der Waals surface area (Å²) in [6, 6.07) is 80.9. The van der Waals surface area contributed by atoms with E-state index in [2.05, 4.69) is 256 Å². The molecular weight excluding hydrogens is 797 g/mol. The van der Waals surface area contributed by atoms with Crippen LogP contribution in [-0.4, -0.2) is 0 Å². The summed E-state index contributed by atoms with van der Waals surface area (Å²) in [5.74, 6) is 0. The number of nitrogens with zero attached hydrogens (tertiary/aromatic N) is 2. The average molecular weight is 845 g/mol. The van der Waals surface area contributed by atoms with Crippen molar-refractivity contribution < 1.29 is 0 Å². The van der Waals surface area contributed by atoms with E-state index in [0.717, 1.165) is 22.7 Å². The Bertz CT molecular complexity index is 3560. The van der Waals surface area contributed by atoms with Gasteiger partial charge in [0.15, 0.2) is 0 Å². The fourth-order valence-electron chi connectivity index (χ4n) is 10.5. The number of fused-ring (bicyclic) bond motifs is 2. The van der Waals surface area contributed by atoms with Gasteiger partial charge in [0, 0.05) is 32.9 Å². The van der Waals surface area contributed by atoms with Crippen LogP contribution in [0.5, 0.6) is 0 Å². The van der Waals surface area contributed by atoms with Crippen LogP contribution in [0.25, 0.3) is 76.1 Å². The predicted octanol–water partition coefficient (Wildman–Crippen LogP) is 18.4. The zero-order chi connectivity index (χ0) is 44.5. The van der Waals surface area contributed by atoms with Crippen molar-refractivity contribution in [1.29, 1.82) is 0 Å². The molecule has 12 aromatic rings. The third-order valence-electron chi connectivity index (χ3n) is 13.9. The van der Waals surface area contributed by atoms with E-state index in [9.17, 15) is 0 Å². The van der Waals surface area contributed by atoms with Gasteiger partial charge in [-0.1, -0.05) is 194 Å². The van der Waals surface area contributed by atoms with Gasteiger partial charge in [0.25, 0.3) is 0 Å². The standard InChI is InChI=1S/C64H48N2/c1-41-23-29-51(45-15-7-5-8-16-45)39-59(41)65(63-43(3)25-27-47-19-11-13-21-53(47)63)57-37-33-49-32-36-56-58(38-34-50-31-35-55(57)61(49)62(50)56)66(64-44(4)26-28-48-20-12-14-22-54(48)64)60-40-52(30-24-42(60)2)46-17-9-6-10-18-46/h5-40H,1-4H3. The molecule has 12 aromatic carbocycles. The van der Waals surface area contributed by atoms with Gasteiger partial charge in [-0.2, -0.15) is 0 Å². The molecule has 0 fully saturated rings. The van der Waals surface area contributed by atoms with Crippen molar-refractivity contribution in [3.8, 4) is 22.3 Å². The van der Waals surface area contributed by atoms with Crippen molar-refractivity contribution >= 4 is 88.0 Å². The molecule has 0 aromatic heterocycles. The Labute approximate surface area is 386 Å². The van der Waals surface area contributed by atoms with Gasteiger partial charge >= 0.3 is 0 Å². The van der Waals surface area contributed by atoms with E-state index in [0.29, 0.717) is 0 Å². The molecule has 0 aliphatic heterocycles. The molecule has 2 nitrogen and oxygen atoms in total. The largest absolute Gasteiger partial charge is 0.309 e. The molecule has 0 atom stereocenters. The van der Waals surface area contributed by atoms with E-state index in [-0.39, 0.29) is 0 Å². The summed E-state index contributed by atoms with van der Waals surface area (Å²) >= 11 is 0. The normalized spacial score (nSPS) is 11.6. The van der Waals surface area contributed by atoms with Crippen LogP contribution in [0.3, 0.4) is 0 Å². The fraction of sp³-hybridized carbons (Fsp3) is 0.0625. The second-order valence-corrected chi connectivity index (χ2v) is 17.9. The Hall–Kier alpha value is -8.20. The van der Waals surface area contributed by atoms with Gasteiger partial charge in [-0.05, 0) is 129 Å². The maximum atomic E-state index is 2.55. The lowest BCUT2D eigenvalue weighted by Gasteiger charge is -2.33. The summed E-state index contributed by atoms with van der Waals surface area (Å²) < 4.78 is 0. The average Bonchev–Trinajstić information content (AvgIpc) is 3.36. The van der Waals surface area contributed by atoms with E-state index >= 15 is 0 Å². The van der Waals surface area contributed by atoms with E-state index < -0.39 is 0 Å². The van der Waals surface area contributed by atoms with Crippen LogP contribution >= 0.6 is 0 Å². The molecule has 0 saturated heterocycles. The van der Waals surface area contributed by atoms with Crippen LogP contribution in [0.2, 0.25) is 0 Å². The maximum absolute atomic E-state index is 2.55. The van der Waals surface area contributed by atoms with Gasteiger partial charge in [-0.25, -0.2) is 0 Å². The summed E-state index contributed by atoms with van der Waals surface area (Å²) in [7, 11) is 0. The molecule has 0 N–H and O–H groups in total. The quantitative estimate of drug-likeness (QED) is 0.141. The predicted molar refractivity (Wildman–Crippen MR) is 284 cm³/mol. The first-order valence-electron chi connectivity index (χ1n) is 23.0. The second kappa shape index (κ2) is 15.8. The molecule has 0 saturated carbocycles. The molecule has 2 heteroatoms. The third kappa shape index (κ3) is 6.40. The summed E-state index contributed by atoms with van der Waals surface area (Å²) in [6.45, 7) is 9.01. The van der Waals surface area contributed by atoms with Crippen molar-refractivity contribution in [3.05, 3.63) is 241 Å². The summed E-state index contributed by atoms with van der Waals surface area (Å²) in [5, 5.41) is 12.3. The monoisotopic (exact) mass is 844 g/mol. The lowest BCUT2D eigenvalue weighted by Crippen LogP contribution is -2.15. The van der Waals surface area contributed by atoms with E-state index in [1.165, 1.54) is 110 Å². The van der Waals surface area contributed by atoms with Crippen molar-refractivity contribution in [3.63, 3.8) is 0 Å². The summed E-state index contributed by atoms with van der Waals surface area (Å²) in [5.41, 5.74) is 16.7. The van der Waals surface area contributed by atoms with Gasteiger partial charge < -0.3 is 9.80 Å². The minimum absolute atomic E-state index is 1.16. The summed E-state index contributed by atoms with van der Waals surface area (Å²) in [6.07, 6.45) is 0. The lowest BCUT2D eigenvalue weighted by molar-refractivity contribution is 1.25. The van der Waals surface area contributed by atoms with Crippen LogP contribution < -0.4 is 9.80 Å².